The number of hydrogen-bond acceptors (Lipinski definition) is 4. The molecule has 0 amide bonds. The predicted octanol–water partition coefficient (Wildman–Crippen LogP) is 6.22. The number of benzene rings is 2. The Morgan fingerprint density at radius 3 is 2.38 bits per heavy atom. The van der Waals surface area contributed by atoms with E-state index in [2.05, 4.69) is 37.8 Å². The van der Waals surface area contributed by atoms with E-state index in [1.807, 2.05) is 26.0 Å². The molecular weight excluding hydrogens is 380 g/mol. The molecule has 0 spiro atoms. The minimum absolute atomic E-state index is 0.00774. The average molecular weight is 407 g/mol. The maximum atomic E-state index is 12.8. The molecule has 0 saturated heterocycles. The zero-order valence-corrected chi connectivity index (χ0v) is 18.2. The van der Waals surface area contributed by atoms with Gasteiger partial charge in [0.05, 0.1) is 0 Å². The Bertz CT molecular complexity index is 1110. The van der Waals surface area contributed by atoms with E-state index in [1.165, 1.54) is 10.5 Å². The summed E-state index contributed by atoms with van der Waals surface area (Å²) < 4.78 is 5.65. The molecule has 0 unspecified atom stereocenters. The van der Waals surface area contributed by atoms with Crippen molar-refractivity contribution in [1.82, 2.24) is 0 Å². The molecule has 0 atom stereocenters. The van der Waals surface area contributed by atoms with Crippen molar-refractivity contribution in [3.8, 4) is 16.9 Å². The minimum Gasteiger partial charge on any atom is -0.507 e. The summed E-state index contributed by atoms with van der Waals surface area (Å²) in [4.78, 5) is 14.0. The van der Waals surface area contributed by atoms with Gasteiger partial charge in [0.15, 0.2) is 0 Å². The van der Waals surface area contributed by atoms with Crippen LogP contribution in [0.2, 0.25) is 0 Å². The fourth-order valence-electron chi connectivity index (χ4n) is 3.51. The fraction of sp³-hybridized carbons (Fsp3) is 0.240. The third-order valence-electron chi connectivity index (χ3n) is 5.03. The molecule has 3 aromatic rings. The smallest absolute Gasteiger partial charge is 0.347 e. The van der Waals surface area contributed by atoms with Gasteiger partial charge in [-0.1, -0.05) is 48.0 Å². The molecule has 4 heteroatoms. The highest BCUT2D eigenvalue weighted by molar-refractivity contribution is 7.99. The molecule has 0 aliphatic carbocycles. The Kier molecular flexibility index (Phi) is 6.33. The van der Waals surface area contributed by atoms with Gasteiger partial charge in [-0.15, -0.1) is 11.8 Å². The van der Waals surface area contributed by atoms with E-state index in [4.69, 9.17) is 4.42 Å². The van der Waals surface area contributed by atoms with Gasteiger partial charge in [0, 0.05) is 28.2 Å². The highest BCUT2D eigenvalue weighted by atomic mass is 32.2. The zero-order valence-electron chi connectivity index (χ0n) is 17.3. The van der Waals surface area contributed by atoms with Gasteiger partial charge in [-0.05, 0) is 51.0 Å². The average Bonchev–Trinajstić information content (AvgIpc) is 2.68. The van der Waals surface area contributed by atoms with Crippen LogP contribution in [0.3, 0.4) is 0 Å². The maximum Gasteiger partial charge on any atom is 0.347 e. The van der Waals surface area contributed by atoms with Crippen LogP contribution in [0.4, 0.5) is 0 Å². The van der Waals surface area contributed by atoms with Gasteiger partial charge in [-0.3, -0.25) is 0 Å². The standard InChI is InChI=1S/C25H26O3S/c1-6-19-14-16(3)13-17(4)22(19)23-24(26)18(5)21(28-25(23)27)11-12-29-20-9-7-15(2)8-10-20/h6-10,13-14,26H,1,11-12H2,2-5H3. The SMILES string of the molecule is C=Cc1cc(C)cc(C)c1-c1c(O)c(C)c(CCSc2ccc(C)cc2)oc1=O. The summed E-state index contributed by atoms with van der Waals surface area (Å²) in [5, 5.41) is 10.9. The van der Waals surface area contributed by atoms with Gasteiger partial charge in [-0.25, -0.2) is 4.79 Å². The summed E-state index contributed by atoms with van der Waals surface area (Å²) in [6, 6.07) is 12.3. The first kappa shape index (κ1) is 21.0. The molecule has 1 heterocycles. The van der Waals surface area contributed by atoms with Crippen molar-refractivity contribution in [2.75, 3.05) is 5.75 Å². The zero-order chi connectivity index (χ0) is 21.1. The topological polar surface area (TPSA) is 50.4 Å². The summed E-state index contributed by atoms with van der Waals surface area (Å²) in [6.45, 7) is 11.6. The predicted molar refractivity (Wildman–Crippen MR) is 122 cm³/mol. The van der Waals surface area contributed by atoms with Crippen LogP contribution in [0.15, 0.2) is 57.1 Å². The van der Waals surface area contributed by atoms with Crippen LogP contribution in [-0.2, 0) is 6.42 Å². The minimum atomic E-state index is -0.515. The van der Waals surface area contributed by atoms with Crippen molar-refractivity contribution in [3.63, 3.8) is 0 Å². The lowest BCUT2D eigenvalue weighted by Gasteiger charge is -2.15. The highest BCUT2D eigenvalue weighted by Crippen LogP contribution is 2.36. The highest BCUT2D eigenvalue weighted by Gasteiger charge is 2.21. The second kappa shape index (κ2) is 8.75. The van der Waals surface area contributed by atoms with E-state index in [9.17, 15) is 9.90 Å². The van der Waals surface area contributed by atoms with E-state index in [-0.39, 0.29) is 11.3 Å². The van der Waals surface area contributed by atoms with Crippen molar-refractivity contribution in [2.45, 2.75) is 39.0 Å². The summed E-state index contributed by atoms with van der Waals surface area (Å²) in [7, 11) is 0. The number of hydrogen-bond donors (Lipinski definition) is 1. The Balaban J connectivity index is 1.92. The van der Waals surface area contributed by atoms with E-state index in [0.717, 1.165) is 22.4 Å². The number of rotatable bonds is 6. The van der Waals surface area contributed by atoms with E-state index >= 15 is 0 Å². The molecule has 29 heavy (non-hydrogen) atoms. The van der Waals surface area contributed by atoms with E-state index < -0.39 is 5.63 Å². The van der Waals surface area contributed by atoms with Gasteiger partial charge in [0.2, 0.25) is 0 Å². The quantitative estimate of drug-likeness (QED) is 0.494. The van der Waals surface area contributed by atoms with Crippen molar-refractivity contribution >= 4 is 17.8 Å². The molecule has 3 rings (SSSR count). The van der Waals surface area contributed by atoms with Crippen LogP contribution in [0.5, 0.6) is 5.75 Å². The normalized spacial score (nSPS) is 10.9. The van der Waals surface area contributed by atoms with Crippen LogP contribution < -0.4 is 5.63 Å². The molecule has 0 aliphatic heterocycles. The molecule has 0 radical (unpaired) electrons. The molecule has 0 aliphatic rings. The van der Waals surface area contributed by atoms with Gasteiger partial charge in [-0.2, -0.15) is 0 Å². The lowest BCUT2D eigenvalue weighted by molar-refractivity contribution is 0.423. The van der Waals surface area contributed by atoms with Gasteiger partial charge >= 0.3 is 5.63 Å². The number of aryl methyl sites for hydroxylation is 4. The molecule has 0 saturated carbocycles. The third-order valence-corrected chi connectivity index (χ3v) is 6.04. The van der Waals surface area contributed by atoms with Crippen LogP contribution in [0.1, 0.15) is 33.6 Å². The monoisotopic (exact) mass is 406 g/mol. The van der Waals surface area contributed by atoms with Gasteiger partial charge in [0.1, 0.15) is 17.1 Å². The van der Waals surface area contributed by atoms with Gasteiger partial charge in [0.25, 0.3) is 0 Å². The van der Waals surface area contributed by atoms with Crippen LogP contribution >= 0.6 is 11.8 Å². The third kappa shape index (κ3) is 4.48. The molecule has 0 fully saturated rings. The Morgan fingerprint density at radius 1 is 1.03 bits per heavy atom. The first-order valence-corrected chi connectivity index (χ1v) is 10.6. The number of aromatic hydroxyl groups is 1. The van der Waals surface area contributed by atoms with Crippen molar-refractivity contribution in [3.05, 3.63) is 87.0 Å². The molecule has 0 bridgehead atoms. The van der Waals surface area contributed by atoms with Crippen LogP contribution in [0.25, 0.3) is 17.2 Å². The largest absolute Gasteiger partial charge is 0.507 e. The molecule has 150 valence electrons. The second-order valence-electron chi connectivity index (χ2n) is 7.32. The lowest BCUT2D eigenvalue weighted by atomic mass is 9.92. The molecule has 2 aromatic carbocycles. The molecular formula is C25H26O3S. The Labute approximate surface area is 176 Å². The maximum absolute atomic E-state index is 12.8. The van der Waals surface area contributed by atoms with Crippen molar-refractivity contribution in [1.29, 1.82) is 0 Å². The Morgan fingerprint density at radius 2 is 1.72 bits per heavy atom. The first-order valence-electron chi connectivity index (χ1n) is 9.61. The molecule has 1 aromatic heterocycles. The fourth-order valence-corrected chi connectivity index (χ4v) is 4.37. The second-order valence-corrected chi connectivity index (χ2v) is 8.49. The molecule has 3 nitrogen and oxygen atoms in total. The molecule has 1 N–H and O–H groups in total. The van der Waals surface area contributed by atoms with Gasteiger partial charge < -0.3 is 9.52 Å². The van der Waals surface area contributed by atoms with Crippen molar-refractivity contribution < 1.29 is 9.52 Å². The van der Waals surface area contributed by atoms with Crippen molar-refractivity contribution in [2.24, 2.45) is 0 Å². The lowest BCUT2D eigenvalue weighted by Crippen LogP contribution is -2.10. The first-order chi connectivity index (χ1) is 13.8. The van der Waals surface area contributed by atoms with E-state index in [1.54, 1.807) is 24.8 Å². The number of thioether (sulfide) groups is 1. The van der Waals surface area contributed by atoms with Crippen LogP contribution in [-0.4, -0.2) is 10.9 Å². The summed E-state index contributed by atoms with van der Waals surface area (Å²) in [5.74, 6) is 1.28. The summed E-state index contributed by atoms with van der Waals surface area (Å²) in [5.41, 5.74) is 5.01. The van der Waals surface area contributed by atoms with E-state index in [0.29, 0.717) is 23.3 Å². The Hall–Kier alpha value is -2.72. The van der Waals surface area contributed by atoms with Crippen LogP contribution in [0, 0.1) is 27.7 Å². The summed E-state index contributed by atoms with van der Waals surface area (Å²) in [6.07, 6.45) is 2.27. The summed E-state index contributed by atoms with van der Waals surface area (Å²) >= 11 is 1.70.